The van der Waals surface area contributed by atoms with Crippen molar-refractivity contribution in [2.24, 2.45) is 0 Å². The number of nitrogens with one attached hydrogen (secondary N) is 1. The van der Waals surface area contributed by atoms with Crippen LogP contribution < -0.4 is 11.2 Å². The molecule has 6 nitrogen and oxygen atoms in total. The number of rotatable bonds is 2. The molecule has 88 valence electrons. The molecule has 1 aromatic rings. The minimum atomic E-state index is -0.438. The van der Waals surface area contributed by atoms with Crippen LogP contribution in [-0.4, -0.2) is 21.4 Å². The molecular weight excluding hydrogens is 278 g/mol. The third-order valence-electron chi connectivity index (χ3n) is 2.48. The summed E-state index contributed by atoms with van der Waals surface area (Å²) in [5.74, 6) is 0.108. The molecule has 16 heavy (non-hydrogen) atoms. The summed E-state index contributed by atoms with van der Waals surface area (Å²) in [6, 6.07) is 0. The first-order chi connectivity index (χ1) is 7.72. The molecule has 1 aliphatic heterocycles. The third kappa shape index (κ3) is 2.26. The molecule has 0 bridgehead atoms. The average molecular weight is 290 g/mol. The molecule has 1 aliphatic rings. The van der Waals surface area contributed by atoms with Gasteiger partial charge in [-0.05, 0) is 35.2 Å². The Morgan fingerprint density at radius 1 is 1.62 bits per heavy atom. The molecule has 0 spiro atoms. The van der Waals surface area contributed by atoms with Crippen LogP contribution in [0.25, 0.3) is 0 Å². The normalized spacial score (nSPS) is 20.8. The Morgan fingerprint density at radius 2 is 2.44 bits per heavy atom. The van der Waals surface area contributed by atoms with Gasteiger partial charge in [0.25, 0.3) is 0 Å². The van der Waals surface area contributed by atoms with Crippen molar-refractivity contribution < 1.29 is 9.94 Å². The fourth-order valence-corrected chi connectivity index (χ4v) is 2.07. The van der Waals surface area contributed by atoms with Gasteiger partial charge in [0.2, 0.25) is 0 Å². The molecule has 1 atom stereocenters. The lowest BCUT2D eigenvalue weighted by molar-refractivity contribution is -0.0349. The number of hydrogen-bond donors (Lipinski definition) is 2. The number of hydrogen-bond acceptors (Lipinski definition) is 5. The van der Waals surface area contributed by atoms with Crippen molar-refractivity contribution in [1.82, 2.24) is 9.55 Å². The van der Waals surface area contributed by atoms with E-state index in [9.17, 15) is 4.79 Å². The van der Waals surface area contributed by atoms with E-state index in [-0.39, 0.29) is 12.0 Å². The average Bonchev–Trinajstić information content (AvgIpc) is 2.32. The first-order valence-electron chi connectivity index (χ1n) is 5.03. The summed E-state index contributed by atoms with van der Waals surface area (Å²) >= 11 is 3.21. The van der Waals surface area contributed by atoms with Crippen LogP contribution in [0.1, 0.15) is 25.5 Å². The summed E-state index contributed by atoms with van der Waals surface area (Å²) in [6.45, 7) is 0.661. The highest BCUT2D eigenvalue weighted by atomic mass is 79.9. The zero-order valence-corrected chi connectivity index (χ0v) is 10.1. The van der Waals surface area contributed by atoms with Crippen LogP contribution in [0.5, 0.6) is 0 Å². The Bertz CT molecular complexity index is 428. The molecule has 2 rings (SSSR count). The summed E-state index contributed by atoms with van der Waals surface area (Å²) in [5.41, 5.74) is 1.42. The summed E-state index contributed by atoms with van der Waals surface area (Å²) in [7, 11) is 0. The fraction of sp³-hybridized carbons (Fsp3) is 0.556. The Balaban J connectivity index is 2.33. The van der Waals surface area contributed by atoms with Crippen molar-refractivity contribution >= 4 is 21.7 Å². The van der Waals surface area contributed by atoms with Gasteiger partial charge in [-0.3, -0.25) is 15.3 Å². The molecule has 1 aromatic heterocycles. The summed E-state index contributed by atoms with van der Waals surface area (Å²) in [6.07, 6.45) is 4.19. The molecule has 0 aromatic carbocycles. The summed E-state index contributed by atoms with van der Waals surface area (Å²) in [5, 5.41) is 8.72. The molecular formula is C9H12BrN3O3. The molecule has 0 amide bonds. The van der Waals surface area contributed by atoms with Crippen LogP contribution in [-0.2, 0) is 4.74 Å². The zero-order valence-electron chi connectivity index (χ0n) is 8.52. The standard InChI is InChI=1S/C9H12BrN3O3/c10-6-5-13(7-3-1-2-4-16-7)9(14)11-8(6)12-15/h5,7,15H,1-4H2,(H,11,12,14)/t7-/m0/s1. The summed E-state index contributed by atoms with van der Waals surface area (Å²) < 4.78 is 7.44. The highest BCUT2D eigenvalue weighted by molar-refractivity contribution is 9.10. The number of ether oxygens (including phenoxy) is 1. The highest BCUT2D eigenvalue weighted by Crippen LogP contribution is 2.23. The van der Waals surface area contributed by atoms with E-state index < -0.39 is 5.69 Å². The highest BCUT2D eigenvalue weighted by Gasteiger charge is 2.18. The first kappa shape index (κ1) is 11.6. The Kier molecular flexibility index (Phi) is 3.57. The maximum atomic E-state index is 11.7. The number of nitrogens with zero attached hydrogens (tertiary/aromatic N) is 2. The van der Waals surface area contributed by atoms with Crippen LogP contribution in [0.4, 0.5) is 5.82 Å². The number of anilines is 1. The SMILES string of the molecule is O=c1nc(NO)c(Br)cn1[C@@H]1CCCCO1. The van der Waals surface area contributed by atoms with Gasteiger partial charge in [0.15, 0.2) is 5.82 Å². The van der Waals surface area contributed by atoms with E-state index in [0.717, 1.165) is 19.3 Å². The second-order valence-corrected chi connectivity index (χ2v) is 4.41. The van der Waals surface area contributed by atoms with E-state index in [1.165, 1.54) is 4.57 Å². The lowest BCUT2D eigenvalue weighted by Gasteiger charge is -2.24. The molecule has 0 unspecified atom stereocenters. The molecule has 1 saturated heterocycles. The quantitative estimate of drug-likeness (QED) is 0.807. The van der Waals surface area contributed by atoms with Gasteiger partial charge in [0.05, 0.1) is 4.47 Å². The van der Waals surface area contributed by atoms with Crippen molar-refractivity contribution in [3.63, 3.8) is 0 Å². The van der Waals surface area contributed by atoms with Crippen LogP contribution in [0.3, 0.4) is 0 Å². The van der Waals surface area contributed by atoms with Gasteiger partial charge >= 0.3 is 5.69 Å². The monoisotopic (exact) mass is 289 g/mol. The van der Waals surface area contributed by atoms with Gasteiger partial charge in [-0.1, -0.05) is 0 Å². The van der Waals surface area contributed by atoms with Gasteiger partial charge in [0, 0.05) is 12.8 Å². The van der Waals surface area contributed by atoms with Crippen molar-refractivity contribution in [2.45, 2.75) is 25.5 Å². The minimum Gasteiger partial charge on any atom is -0.358 e. The molecule has 2 heterocycles. The molecule has 2 N–H and O–H groups in total. The Labute approximate surface area is 100 Å². The van der Waals surface area contributed by atoms with E-state index in [2.05, 4.69) is 20.9 Å². The van der Waals surface area contributed by atoms with Crippen molar-refractivity contribution in [3.8, 4) is 0 Å². The largest absolute Gasteiger partial charge is 0.358 e. The van der Waals surface area contributed by atoms with E-state index in [1.807, 2.05) is 5.48 Å². The van der Waals surface area contributed by atoms with Crippen LogP contribution in [0.15, 0.2) is 15.5 Å². The van der Waals surface area contributed by atoms with Gasteiger partial charge in [-0.15, -0.1) is 0 Å². The van der Waals surface area contributed by atoms with E-state index >= 15 is 0 Å². The second kappa shape index (κ2) is 4.94. The molecule has 7 heteroatoms. The van der Waals surface area contributed by atoms with Gasteiger partial charge < -0.3 is 4.74 Å². The minimum absolute atomic E-state index is 0.108. The predicted octanol–water partition coefficient (Wildman–Crippen LogP) is 1.51. The first-order valence-corrected chi connectivity index (χ1v) is 5.82. The number of halogens is 1. The van der Waals surface area contributed by atoms with Crippen LogP contribution >= 0.6 is 15.9 Å². The van der Waals surface area contributed by atoms with E-state index in [0.29, 0.717) is 11.1 Å². The Hall–Kier alpha value is -0.920. The molecule has 0 aliphatic carbocycles. The fourth-order valence-electron chi connectivity index (χ4n) is 1.67. The van der Waals surface area contributed by atoms with Crippen molar-refractivity contribution in [1.29, 1.82) is 0 Å². The maximum absolute atomic E-state index is 11.7. The topological polar surface area (TPSA) is 76.4 Å². The van der Waals surface area contributed by atoms with Crippen molar-refractivity contribution in [2.75, 3.05) is 12.1 Å². The smallest absolute Gasteiger partial charge is 0.351 e. The van der Waals surface area contributed by atoms with E-state index in [1.54, 1.807) is 6.20 Å². The maximum Gasteiger partial charge on any atom is 0.351 e. The van der Waals surface area contributed by atoms with Crippen molar-refractivity contribution in [3.05, 3.63) is 21.2 Å². The Morgan fingerprint density at radius 3 is 3.06 bits per heavy atom. The second-order valence-electron chi connectivity index (χ2n) is 3.56. The number of aromatic nitrogens is 2. The molecule has 0 saturated carbocycles. The predicted molar refractivity (Wildman–Crippen MR) is 60.4 cm³/mol. The zero-order chi connectivity index (χ0) is 11.5. The van der Waals surface area contributed by atoms with Crippen LogP contribution in [0, 0.1) is 0 Å². The lowest BCUT2D eigenvalue weighted by Crippen LogP contribution is -2.30. The molecule has 0 radical (unpaired) electrons. The molecule has 1 fully saturated rings. The summed E-state index contributed by atoms with van der Waals surface area (Å²) in [4.78, 5) is 15.3. The van der Waals surface area contributed by atoms with Gasteiger partial charge in [-0.2, -0.15) is 4.98 Å². The van der Waals surface area contributed by atoms with Gasteiger partial charge in [-0.25, -0.2) is 4.79 Å². The van der Waals surface area contributed by atoms with Crippen LogP contribution in [0.2, 0.25) is 0 Å². The third-order valence-corrected chi connectivity index (χ3v) is 3.06. The van der Waals surface area contributed by atoms with Gasteiger partial charge in [0.1, 0.15) is 6.23 Å². The van der Waals surface area contributed by atoms with E-state index in [4.69, 9.17) is 9.94 Å². The lowest BCUT2D eigenvalue weighted by atomic mass is 10.2.